The highest BCUT2D eigenvalue weighted by atomic mass is 32.2. The summed E-state index contributed by atoms with van der Waals surface area (Å²) in [6.45, 7) is 3.25. The number of thiophene rings is 1. The van der Waals surface area contributed by atoms with Crippen LogP contribution in [0.5, 0.6) is 0 Å². The second-order valence-electron chi connectivity index (χ2n) is 9.07. The van der Waals surface area contributed by atoms with E-state index in [4.69, 9.17) is 4.98 Å². The van der Waals surface area contributed by atoms with Gasteiger partial charge in [-0.15, -0.1) is 11.3 Å². The Kier molecular flexibility index (Phi) is 6.85. The summed E-state index contributed by atoms with van der Waals surface area (Å²) < 4.78 is 27.7. The molecule has 0 saturated carbocycles. The molecule has 0 aliphatic carbocycles. The zero-order valence-corrected chi connectivity index (χ0v) is 20.8. The fourth-order valence-electron chi connectivity index (χ4n) is 4.81. The first-order valence-corrected chi connectivity index (χ1v) is 14.3. The van der Waals surface area contributed by atoms with E-state index in [0.717, 1.165) is 60.2 Å². The third kappa shape index (κ3) is 4.96. The largest absolute Gasteiger partial charge is 0.356 e. The van der Waals surface area contributed by atoms with Gasteiger partial charge >= 0.3 is 0 Å². The Morgan fingerprint density at radius 2 is 1.91 bits per heavy atom. The zero-order valence-electron chi connectivity index (χ0n) is 19.2. The molecule has 3 aromatic rings. The fraction of sp³-hybridized carbons (Fsp3) is 0.440. The van der Waals surface area contributed by atoms with Crippen LogP contribution >= 0.6 is 11.3 Å². The molecule has 2 aromatic heterocycles. The number of anilines is 1. The van der Waals surface area contributed by atoms with Crippen LogP contribution in [-0.4, -0.2) is 49.8 Å². The molecular formula is C25H30N4O3S2. The summed E-state index contributed by atoms with van der Waals surface area (Å²) in [4.78, 5) is 21.2. The number of nitrogens with zero attached hydrogens (tertiary/aromatic N) is 3. The highest BCUT2D eigenvalue weighted by Crippen LogP contribution is 2.27. The van der Waals surface area contributed by atoms with Crippen LogP contribution in [0.2, 0.25) is 0 Å². The summed E-state index contributed by atoms with van der Waals surface area (Å²) in [6.07, 6.45) is 4.73. The molecule has 4 heterocycles. The van der Waals surface area contributed by atoms with Gasteiger partial charge in [0, 0.05) is 36.4 Å². The molecule has 2 aliphatic rings. The Bertz CT molecular complexity index is 1250. The molecule has 34 heavy (non-hydrogen) atoms. The summed E-state index contributed by atoms with van der Waals surface area (Å²) in [5.41, 5.74) is 0.763. The Morgan fingerprint density at radius 3 is 2.71 bits per heavy atom. The van der Waals surface area contributed by atoms with Crippen LogP contribution < -0.4 is 10.2 Å². The molecule has 2 saturated heterocycles. The number of pyridine rings is 1. The van der Waals surface area contributed by atoms with Crippen molar-refractivity contribution in [3.05, 3.63) is 52.7 Å². The predicted molar refractivity (Wildman–Crippen MR) is 135 cm³/mol. The number of piperidine rings is 2. The summed E-state index contributed by atoms with van der Waals surface area (Å²) in [7, 11) is -3.47. The van der Waals surface area contributed by atoms with Crippen molar-refractivity contribution in [2.75, 3.05) is 31.1 Å². The van der Waals surface area contributed by atoms with Crippen molar-refractivity contribution in [2.24, 2.45) is 5.92 Å². The molecule has 180 valence electrons. The molecule has 1 amide bonds. The molecule has 1 N–H and O–H groups in total. The Morgan fingerprint density at radius 1 is 1.06 bits per heavy atom. The molecule has 7 nitrogen and oxygen atoms in total. The van der Waals surface area contributed by atoms with Crippen molar-refractivity contribution < 1.29 is 13.2 Å². The van der Waals surface area contributed by atoms with E-state index in [1.807, 2.05) is 29.6 Å². The average molecular weight is 499 g/mol. The van der Waals surface area contributed by atoms with Gasteiger partial charge in [0.15, 0.2) is 0 Å². The quantitative estimate of drug-likeness (QED) is 0.555. The molecule has 1 aromatic carbocycles. The van der Waals surface area contributed by atoms with E-state index < -0.39 is 10.0 Å². The van der Waals surface area contributed by atoms with Gasteiger partial charge in [0.25, 0.3) is 0 Å². The maximum absolute atomic E-state index is 13.0. The van der Waals surface area contributed by atoms with Crippen LogP contribution in [0.1, 0.15) is 37.0 Å². The second kappa shape index (κ2) is 10.0. The maximum atomic E-state index is 13.0. The number of carbonyl (C=O) groups is 1. The van der Waals surface area contributed by atoms with E-state index in [2.05, 4.69) is 10.2 Å². The number of hydrogen-bond donors (Lipinski definition) is 1. The lowest BCUT2D eigenvalue weighted by Gasteiger charge is -2.33. The fourth-order valence-corrected chi connectivity index (χ4v) is 7.01. The van der Waals surface area contributed by atoms with Gasteiger partial charge in [-0.2, -0.15) is 4.31 Å². The van der Waals surface area contributed by atoms with Crippen LogP contribution in [-0.2, 0) is 21.4 Å². The van der Waals surface area contributed by atoms with Gasteiger partial charge in [0.2, 0.25) is 15.9 Å². The van der Waals surface area contributed by atoms with Gasteiger partial charge in [-0.1, -0.05) is 12.5 Å². The van der Waals surface area contributed by atoms with Crippen molar-refractivity contribution in [3.8, 4) is 0 Å². The van der Waals surface area contributed by atoms with E-state index in [-0.39, 0.29) is 11.8 Å². The van der Waals surface area contributed by atoms with Crippen molar-refractivity contribution >= 4 is 44.0 Å². The Labute approximate surface area is 204 Å². The van der Waals surface area contributed by atoms with Crippen molar-refractivity contribution in [1.29, 1.82) is 0 Å². The Balaban J connectivity index is 1.29. The SMILES string of the molecule is O=C(NCc1cccs1)[C@H]1CCCN(c2ccc3cc(S(=O)(=O)N4CCCCC4)ccc3n2)C1. The van der Waals surface area contributed by atoms with Crippen molar-refractivity contribution in [3.63, 3.8) is 0 Å². The lowest BCUT2D eigenvalue weighted by atomic mass is 9.97. The number of benzene rings is 1. The van der Waals surface area contributed by atoms with E-state index in [9.17, 15) is 13.2 Å². The van der Waals surface area contributed by atoms with Gasteiger partial charge in [0.05, 0.1) is 22.9 Å². The molecule has 9 heteroatoms. The average Bonchev–Trinajstić information content (AvgIpc) is 3.41. The van der Waals surface area contributed by atoms with Crippen molar-refractivity contribution in [2.45, 2.75) is 43.5 Å². The van der Waals surface area contributed by atoms with Crippen LogP contribution in [0.4, 0.5) is 5.82 Å². The molecule has 2 fully saturated rings. The number of amides is 1. The highest BCUT2D eigenvalue weighted by molar-refractivity contribution is 7.89. The Hall–Kier alpha value is -2.49. The number of hydrogen-bond acceptors (Lipinski definition) is 6. The van der Waals surface area contributed by atoms with E-state index in [0.29, 0.717) is 31.1 Å². The van der Waals surface area contributed by atoms with Gasteiger partial charge in [-0.3, -0.25) is 4.79 Å². The smallest absolute Gasteiger partial charge is 0.243 e. The molecule has 1 atom stereocenters. The number of nitrogens with one attached hydrogen (secondary N) is 1. The first-order valence-electron chi connectivity index (χ1n) is 12.0. The third-order valence-electron chi connectivity index (χ3n) is 6.73. The highest BCUT2D eigenvalue weighted by Gasteiger charge is 2.28. The maximum Gasteiger partial charge on any atom is 0.243 e. The topological polar surface area (TPSA) is 82.6 Å². The molecule has 2 aliphatic heterocycles. The normalized spacial score (nSPS) is 19.9. The molecular weight excluding hydrogens is 468 g/mol. The monoisotopic (exact) mass is 498 g/mol. The lowest BCUT2D eigenvalue weighted by molar-refractivity contribution is -0.125. The molecule has 5 rings (SSSR count). The number of carbonyl (C=O) groups excluding carboxylic acids is 1. The number of fused-ring (bicyclic) bond motifs is 1. The van der Waals surface area contributed by atoms with Crippen LogP contribution in [0.3, 0.4) is 0 Å². The molecule has 0 radical (unpaired) electrons. The summed E-state index contributed by atoms with van der Waals surface area (Å²) in [6, 6.07) is 13.1. The van der Waals surface area contributed by atoms with Gasteiger partial charge in [-0.05, 0) is 67.5 Å². The standard InChI is InChI=1S/C25H30N4O3S2/c30-25(26-17-21-7-5-15-33-21)20-6-4-12-28(18-20)24-11-8-19-16-22(9-10-23(19)27-24)34(31,32)29-13-2-1-3-14-29/h5,7-11,15-16,20H,1-4,6,12-14,17-18H2,(H,26,30)/t20-/m0/s1. The molecule has 0 bridgehead atoms. The first-order chi connectivity index (χ1) is 16.5. The minimum absolute atomic E-state index is 0.0664. The van der Waals surface area contributed by atoms with Crippen LogP contribution in [0.25, 0.3) is 10.9 Å². The number of rotatable bonds is 6. The van der Waals surface area contributed by atoms with Crippen molar-refractivity contribution in [1.82, 2.24) is 14.6 Å². The molecule has 0 spiro atoms. The lowest BCUT2D eigenvalue weighted by Crippen LogP contribution is -2.43. The minimum Gasteiger partial charge on any atom is -0.356 e. The summed E-state index contributed by atoms with van der Waals surface area (Å²) in [5.74, 6) is 0.851. The van der Waals surface area contributed by atoms with E-state index in [1.54, 1.807) is 33.8 Å². The van der Waals surface area contributed by atoms with Gasteiger partial charge < -0.3 is 10.2 Å². The number of sulfonamides is 1. The first kappa shape index (κ1) is 23.3. The van der Waals surface area contributed by atoms with Crippen LogP contribution in [0.15, 0.2) is 52.7 Å². The summed E-state index contributed by atoms with van der Waals surface area (Å²) in [5, 5.41) is 5.89. The predicted octanol–water partition coefficient (Wildman–Crippen LogP) is 4.00. The van der Waals surface area contributed by atoms with Gasteiger partial charge in [0.1, 0.15) is 5.82 Å². The zero-order chi connectivity index (χ0) is 23.5. The van der Waals surface area contributed by atoms with E-state index in [1.165, 1.54) is 0 Å². The van der Waals surface area contributed by atoms with Gasteiger partial charge in [-0.25, -0.2) is 13.4 Å². The summed E-state index contributed by atoms with van der Waals surface area (Å²) >= 11 is 1.64. The van der Waals surface area contributed by atoms with E-state index >= 15 is 0 Å². The molecule has 0 unspecified atom stereocenters. The number of aromatic nitrogens is 1. The second-order valence-corrected chi connectivity index (χ2v) is 12.0. The van der Waals surface area contributed by atoms with Crippen LogP contribution in [0, 0.1) is 5.92 Å². The minimum atomic E-state index is -3.47. The third-order valence-corrected chi connectivity index (χ3v) is 9.50.